The Bertz CT molecular complexity index is 999. The van der Waals surface area contributed by atoms with E-state index < -0.39 is 35.5 Å². The molecule has 0 radical (unpaired) electrons. The molecule has 0 spiro atoms. The highest BCUT2D eigenvalue weighted by Crippen LogP contribution is 2.39. The van der Waals surface area contributed by atoms with E-state index in [1.54, 1.807) is 40.0 Å². The van der Waals surface area contributed by atoms with Gasteiger partial charge in [0, 0.05) is 17.5 Å². The van der Waals surface area contributed by atoms with E-state index in [0.717, 1.165) is 10.9 Å². The molecule has 2 atom stereocenters. The van der Waals surface area contributed by atoms with Crippen LogP contribution in [0.5, 0.6) is 5.75 Å². The van der Waals surface area contributed by atoms with Crippen LogP contribution < -0.4 is 4.74 Å². The predicted molar refractivity (Wildman–Crippen MR) is 109 cm³/mol. The third kappa shape index (κ3) is 3.86. The van der Waals surface area contributed by atoms with E-state index in [1.807, 2.05) is 6.07 Å². The summed E-state index contributed by atoms with van der Waals surface area (Å²) in [5.74, 6) is -1.86. The number of benzene rings is 1. The molecular formula is C22H27NO7. The Balaban J connectivity index is 2.23. The van der Waals surface area contributed by atoms with Crippen LogP contribution in [0.25, 0.3) is 10.9 Å². The first-order chi connectivity index (χ1) is 14.1. The Hall–Kier alpha value is -3.03. The molecular weight excluding hydrogens is 390 g/mol. The molecule has 3 rings (SSSR count). The van der Waals surface area contributed by atoms with Gasteiger partial charge in [0.25, 0.3) is 0 Å². The third-order valence-electron chi connectivity index (χ3n) is 5.29. The first kappa shape index (κ1) is 21.7. The third-order valence-corrected chi connectivity index (χ3v) is 5.29. The standard InChI is InChI=1S/C22H27NO7/c1-22(2,3)30-21(26)23-17-8-7-12(27-4)9-13(17)14-10-15(19(24)28-5)16(11-18(14)23)20(25)29-6/h7-9,15-16H,10-11H2,1-6H3/t15-,16-/m1/s1. The summed E-state index contributed by atoms with van der Waals surface area (Å²) >= 11 is 0. The van der Waals surface area contributed by atoms with Gasteiger partial charge in [-0.1, -0.05) is 0 Å². The van der Waals surface area contributed by atoms with Crippen LogP contribution >= 0.6 is 0 Å². The molecule has 0 fully saturated rings. The molecule has 0 aliphatic heterocycles. The number of hydrogen-bond donors (Lipinski definition) is 0. The summed E-state index contributed by atoms with van der Waals surface area (Å²) in [6, 6.07) is 5.35. The van der Waals surface area contributed by atoms with E-state index in [2.05, 4.69) is 0 Å². The summed E-state index contributed by atoms with van der Waals surface area (Å²) in [7, 11) is 4.13. The van der Waals surface area contributed by atoms with Crippen LogP contribution in [-0.2, 0) is 36.6 Å². The van der Waals surface area contributed by atoms with Gasteiger partial charge in [0.2, 0.25) is 0 Å². The van der Waals surface area contributed by atoms with Gasteiger partial charge in [0.1, 0.15) is 11.4 Å². The molecule has 0 bridgehead atoms. The fourth-order valence-corrected chi connectivity index (χ4v) is 3.98. The maximum atomic E-state index is 13.1. The Morgan fingerprint density at radius 2 is 1.57 bits per heavy atom. The molecule has 8 heteroatoms. The minimum atomic E-state index is -0.762. The van der Waals surface area contributed by atoms with Gasteiger partial charge >= 0.3 is 18.0 Å². The smallest absolute Gasteiger partial charge is 0.419 e. The largest absolute Gasteiger partial charge is 0.497 e. The number of hydrogen-bond acceptors (Lipinski definition) is 7. The van der Waals surface area contributed by atoms with Crippen LogP contribution in [0.1, 0.15) is 32.0 Å². The highest BCUT2D eigenvalue weighted by atomic mass is 16.6. The van der Waals surface area contributed by atoms with Crippen LogP contribution in [-0.4, -0.2) is 49.5 Å². The second kappa shape index (κ2) is 8.01. The van der Waals surface area contributed by atoms with E-state index in [0.29, 0.717) is 17.0 Å². The summed E-state index contributed by atoms with van der Waals surface area (Å²) in [6.07, 6.45) is -0.154. The molecule has 1 heterocycles. The number of aromatic nitrogens is 1. The van der Waals surface area contributed by atoms with E-state index in [1.165, 1.54) is 18.8 Å². The van der Waals surface area contributed by atoms with Crippen molar-refractivity contribution < 1.29 is 33.3 Å². The van der Waals surface area contributed by atoms with Gasteiger partial charge in [-0.2, -0.15) is 0 Å². The molecule has 162 valence electrons. The lowest BCUT2D eigenvalue weighted by atomic mass is 9.77. The zero-order valence-electron chi connectivity index (χ0n) is 18.1. The Labute approximate surface area is 175 Å². The number of fused-ring (bicyclic) bond motifs is 3. The molecule has 0 saturated carbocycles. The zero-order chi connectivity index (χ0) is 22.2. The first-order valence-corrected chi connectivity index (χ1v) is 9.70. The number of carbonyl (C=O) groups excluding carboxylic acids is 3. The first-order valence-electron chi connectivity index (χ1n) is 9.70. The maximum Gasteiger partial charge on any atom is 0.419 e. The van der Waals surface area contributed by atoms with Gasteiger partial charge in [-0.15, -0.1) is 0 Å². The van der Waals surface area contributed by atoms with E-state index in [-0.39, 0.29) is 12.8 Å². The fourth-order valence-electron chi connectivity index (χ4n) is 3.98. The molecule has 1 aliphatic carbocycles. The average molecular weight is 417 g/mol. The fraction of sp³-hybridized carbons (Fsp3) is 0.500. The lowest BCUT2D eigenvalue weighted by molar-refractivity contribution is -0.158. The molecule has 1 aromatic carbocycles. The molecule has 30 heavy (non-hydrogen) atoms. The molecule has 0 saturated heterocycles. The number of methoxy groups -OCH3 is 3. The molecule has 2 aromatic rings. The summed E-state index contributed by atoms with van der Waals surface area (Å²) in [6.45, 7) is 5.36. The minimum absolute atomic E-state index is 0.151. The van der Waals surface area contributed by atoms with Crippen LogP contribution in [0.4, 0.5) is 4.79 Å². The van der Waals surface area contributed by atoms with E-state index in [4.69, 9.17) is 18.9 Å². The Morgan fingerprint density at radius 1 is 0.967 bits per heavy atom. The van der Waals surface area contributed by atoms with Crippen LogP contribution in [0.15, 0.2) is 18.2 Å². The molecule has 0 amide bonds. The SMILES string of the molecule is COC(=O)[C@@H]1Cc2c(n(C(=O)OC(C)(C)C)c3ccc(OC)cc23)C[C@H]1C(=O)OC. The minimum Gasteiger partial charge on any atom is -0.497 e. The van der Waals surface area contributed by atoms with Gasteiger partial charge < -0.3 is 18.9 Å². The number of carbonyl (C=O) groups is 3. The summed E-state index contributed by atoms with van der Waals surface area (Å²) < 4.78 is 22.3. The molecule has 0 N–H and O–H groups in total. The van der Waals surface area contributed by atoms with Crippen molar-refractivity contribution in [3.05, 3.63) is 29.5 Å². The summed E-state index contributed by atoms with van der Waals surface area (Å²) in [5.41, 5.74) is 1.36. The van der Waals surface area contributed by atoms with Gasteiger partial charge in [0.05, 0.1) is 38.7 Å². The Morgan fingerprint density at radius 3 is 2.10 bits per heavy atom. The number of esters is 2. The van der Waals surface area contributed by atoms with Crippen molar-refractivity contribution in [2.45, 2.75) is 39.2 Å². The number of ether oxygens (including phenoxy) is 4. The summed E-state index contributed by atoms with van der Waals surface area (Å²) in [5, 5.41) is 0.771. The van der Waals surface area contributed by atoms with Crippen LogP contribution in [0.2, 0.25) is 0 Å². The number of nitrogens with zero attached hydrogens (tertiary/aromatic N) is 1. The van der Waals surface area contributed by atoms with Gasteiger partial charge in [0.15, 0.2) is 0 Å². The van der Waals surface area contributed by atoms with Crippen LogP contribution in [0.3, 0.4) is 0 Å². The van der Waals surface area contributed by atoms with Gasteiger partial charge in [-0.25, -0.2) is 9.36 Å². The van der Waals surface area contributed by atoms with Crippen molar-refractivity contribution in [1.29, 1.82) is 0 Å². The lowest BCUT2D eigenvalue weighted by Gasteiger charge is -2.29. The normalized spacial score (nSPS) is 18.5. The maximum absolute atomic E-state index is 13.1. The van der Waals surface area contributed by atoms with Gasteiger partial charge in [-0.05, 0) is 51.0 Å². The highest BCUT2D eigenvalue weighted by molar-refractivity contribution is 5.96. The van der Waals surface area contributed by atoms with Gasteiger partial charge in [-0.3, -0.25) is 9.59 Å². The quantitative estimate of drug-likeness (QED) is 0.560. The topological polar surface area (TPSA) is 93.1 Å². The molecule has 1 aliphatic rings. The van der Waals surface area contributed by atoms with Crippen molar-refractivity contribution in [2.75, 3.05) is 21.3 Å². The summed E-state index contributed by atoms with van der Waals surface area (Å²) in [4.78, 5) is 38.0. The van der Waals surface area contributed by atoms with Crippen molar-refractivity contribution in [3.8, 4) is 5.75 Å². The van der Waals surface area contributed by atoms with Crippen molar-refractivity contribution in [3.63, 3.8) is 0 Å². The van der Waals surface area contributed by atoms with E-state index >= 15 is 0 Å². The monoisotopic (exact) mass is 417 g/mol. The molecule has 0 unspecified atom stereocenters. The zero-order valence-corrected chi connectivity index (χ0v) is 18.1. The second-order valence-electron chi connectivity index (χ2n) is 8.29. The van der Waals surface area contributed by atoms with Crippen LogP contribution in [0, 0.1) is 11.8 Å². The second-order valence-corrected chi connectivity index (χ2v) is 8.29. The predicted octanol–water partition coefficient (Wildman–Crippen LogP) is 3.11. The van der Waals surface area contributed by atoms with Crippen molar-refractivity contribution in [2.24, 2.45) is 11.8 Å². The molecule has 8 nitrogen and oxygen atoms in total. The van der Waals surface area contributed by atoms with Crippen molar-refractivity contribution >= 4 is 28.9 Å². The number of rotatable bonds is 3. The average Bonchev–Trinajstić information content (AvgIpc) is 3.03. The highest BCUT2D eigenvalue weighted by Gasteiger charge is 2.43. The van der Waals surface area contributed by atoms with Crippen molar-refractivity contribution in [1.82, 2.24) is 4.57 Å². The molecule has 1 aromatic heterocycles. The van der Waals surface area contributed by atoms with E-state index in [9.17, 15) is 14.4 Å². The lowest BCUT2D eigenvalue weighted by Crippen LogP contribution is -2.39. The Kier molecular flexibility index (Phi) is 5.78.